The van der Waals surface area contributed by atoms with Crippen LogP contribution in [0.15, 0.2) is 18.7 Å². The molecule has 0 aliphatic carbocycles. The maximum absolute atomic E-state index is 10.9. The number of aromatic nitrogens is 2. The Kier molecular flexibility index (Phi) is 3.33. The number of hydrogen-bond acceptors (Lipinski definition) is 5. The zero-order chi connectivity index (χ0) is 9.68. The zero-order valence-electron chi connectivity index (χ0n) is 7.30. The van der Waals surface area contributed by atoms with Crippen LogP contribution in [-0.2, 0) is 9.53 Å². The van der Waals surface area contributed by atoms with Crippen molar-refractivity contribution in [1.29, 1.82) is 0 Å². The summed E-state index contributed by atoms with van der Waals surface area (Å²) in [5.41, 5.74) is 6.42. The molecule has 5 nitrogen and oxygen atoms in total. The average Bonchev–Trinajstić information content (AvgIpc) is 2.19. The number of ether oxygens (including phenoxy) is 1. The fraction of sp³-hybridized carbons (Fsp3) is 0.375. The van der Waals surface area contributed by atoms with Gasteiger partial charge in [-0.1, -0.05) is 0 Å². The lowest BCUT2D eigenvalue weighted by Crippen LogP contribution is -2.16. The van der Waals surface area contributed by atoms with Crippen LogP contribution in [0, 0.1) is 0 Å². The van der Waals surface area contributed by atoms with Crippen LogP contribution in [0.1, 0.15) is 18.0 Å². The minimum absolute atomic E-state index is 0.143. The molecule has 0 unspecified atom stereocenters. The predicted octanol–water partition coefficient (Wildman–Crippen LogP) is 0.0395. The summed E-state index contributed by atoms with van der Waals surface area (Å²) in [6.07, 6.45) is 4.72. The molecule has 0 bridgehead atoms. The predicted molar refractivity (Wildman–Crippen MR) is 45.6 cm³/mol. The highest BCUT2D eigenvalue weighted by molar-refractivity contribution is 5.70. The fourth-order valence-corrected chi connectivity index (χ4v) is 0.883. The lowest BCUT2D eigenvalue weighted by molar-refractivity contribution is -0.141. The van der Waals surface area contributed by atoms with Crippen molar-refractivity contribution in [3.05, 3.63) is 24.3 Å². The van der Waals surface area contributed by atoms with Crippen molar-refractivity contribution < 1.29 is 9.53 Å². The van der Waals surface area contributed by atoms with Gasteiger partial charge in [0.2, 0.25) is 0 Å². The Morgan fingerprint density at radius 2 is 2.23 bits per heavy atom. The van der Waals surface area contributed by atoms with Crippen LogP contribution in [0.5, 0.6) is 0 Å². The molecule has 0 aliphatic heterocycles. The van der Waals surface area contributed by atoms with E-state index in [1.807, 2.05) is 0 Å². The largest absolute Gasteiger partial charge is 0.469 e. The number of nitrogens with zero attached hydrogens (tertiary/aromatic N) is 2. The quantitative estimate of drug-likeness (QED) is 0.666. The number of nitrogens with two attached hydrogens (primary N) is 1. The van der Waals surface area contributed by atoms with Gasteiger partial charge in [-0.3, -0.25) is 4.79 Å². The minimum Gasteiger partial charge on any atom is -0.469 e. The molecule has 1 atom stereocenters. The third kappa shape index (κ3) is 2.79. The molecule has 0 fully saturated rings. The first-order valence-electron chi connectivity index (χ1n) is 3.81. The lowest BCUT2D eigenvalue weighted by atomic mass is 10.1. The highest BCUT2D eigenvalue weighted by Crippen LogP contribution is 2.11. The average molecular weight is 181 g/mol. The maximum atomic E-state index is 10.9. The monoisotopic (exact) mass is 181 g/mol. The molecular weight excluding hydrogens is 170 g/mol. The van der Waals surface area contributed by atoms with Crippen molar-refractivity contribution in [3.63, 3.8) is 0 Å². The standard InChI is InChI=1S/C8H11N3O2/c1-13-8(12)2-7(9)6-3-10-5-11-4-6/h3-5,7H,2,9H2,1H3/t7-/m0/s1. The molecule has 2 N–H and O–H groups in total. The van der Waals surface area contributed by atoms with Gasteiger partial charge in [-0.25, -0.2) is 9.97 Å². The van der Waals surface area contributed by atoms with E-state index in [-0.39, 0.29) is 12.4 Å². The Bertz CT molecular complexity index is 276. The van der Waals surface area contributed by atoms with Gasteiger partial charge in [0, 0.05) is 24.0 Å². The van der Waals surface area contributed by atoms with E-state index < -0.39 is 6.04 Å². The van der Waals surface area contributed by atoms with Crippen molar-refractivity contribution in [3.8, 4) is 0 Å². The van der Waals surface area contributed by atoms with Crippen molar-refractivity contribution in [1.82, 2.24) is 9.97 Å². The molecule has 1 aromatic rings. The molecule has 1 rings (SSSR count). The summed E-state index contributed by atoms with van der Waals surface area (Å²) in [6.45, 7) is 0. The second-order valence-corrected chi connectivity index (χ2v) is 2.56. The van der Waals surface area contributed by atoms with E-state index in [0.29, 0.717) is 0 Å². The number of esters is 1. The number of rotatable bonds is 3. The van der Waals surface area contributed by atoms with E-state index in [0.717, 1.165) is 5.56 Å². The highest BCUT2D eigenvalue weighted by Gasteiger charge is 2.11. The molecule has 13 heavy (non-hydrogen) atoms. The van der Waals surface area contributed by atoms with Gasteiger partial charge in [0.05, 0.1) is 13.5 Å². The van der Waals surface area contributed by atoms with E-state index in [4.69, 9.17) is 5.73 Å². The van der Waals surface area contributed by atoms with E-state index in [9.17, 15) is 4.79 Å². The number of hydrogen-bond donors (Lipinski definition) is 1. The summed E-state index contributed by atoms with van der Waals surface area (Å²) in [5, 5.41) is 0. The van der Waals surface area contributed by atoms with Gasteiger partial charge in [-0.2, -0.15) is 0 Å². The molecule has 1 aromatic heterocycles. The van der Waals surface area contributed by atoms with Crippen LogP contribution in [0.4, 0.5) is 0 Å². The van der Waals surface area contributed by atoms with Gasteiger partial charge in [0.1, 0.15) is 6.33 Å². The van der Waals surface area contributed by atoms with Gasteiger partial charge in [0.25, 0.3) is 0 Å². The second kappa shape index (κ2) is 4.51. The maximum Gasteiger partial charge on any atom is 0.307 e. The molecule has 0 radical (unpaired) electrons. The first kappa shape index (κ1) is 9.60. The van der Waals surface area contributed by atoms with Crippen molar-refractivity contribution in [2.45, 2.75) is 12.5 Å². The van der Waals surface area contributed by atoms with Crippen LogP contribution < -0.4 is 5.73 Å². The Balaban J connectivity index is 2.59. The first-order chi connectivity index (χ1) is 6.24. The molecule has 0 aliphatic rings. The number of carbonyl (C=O) groups excluding carboxylic acids is 1. The van der Waals surface area contributed by atoms with Crippen molar-refractivity contribution >= 4 is 5.97 Å². The summed E-state index contributed by atoms with van der Waals surface area (Å²) >= 11 is 0. The van der Waals surface area contributed by atoms with Crippen LogP contribution in [0.2, 0.25) is 0 Å². The van der Waals surface area contributed by atoms with E-state index >= 15 is 0 Å². The van der Waals surface area contributed by atoms with Crippen molar-refractivity contribution in [2.75, 3.05) is 7.11 Å². The van der Waals surface area contributed by atoms with Crippen LogP contribution >= 0.6 is 0 Å². The topological polar surface area (TPSA) is 78.1 Å². The lowest BCUT2D eigenvalue weighted by Gasteiger charge is -2.08. The molecule has 0 saturated heterocycles. The van der Waals surface area contributed by atoms with Gasteiger partial charge in [-0.05, 0) is 0 Å². The van der Waals surface area contributed by atoms with Crippen LogP contribution in [-0.4, -0.2) is 23.0 Å². The van der Waals surface area contributed by atoms with Crippen molar-refractivity contribution in [2.24, 2.45) is 5.73 Å². The summed E-state index contributed by atoms with van der Waals surface area (Å²) in [4.78, 5) is 18.4. The summed E-state index contributed by atoms with van der Waals surface area (Å²) in [7, 11) is 1.33. The zero-order valence-corrected chi connectivity index (χ0v) is 7.30. The van der Waals surface area contributed by atoms with Gasteiger partial charge >= 0.3 is 5.97 Å². The Hall–Kier alpha value is -1.49. The Labute approximate surface area is 75.9 Å². The molecule has 0 spiro atoms. The SMILES string of the molecule is COC(=O)C[C@H](N)c1cncnc1. The molecule has 70 valence electrons. The smallest absolute Gasteiger partial charge is 0.307 e. The molecule has 0 aromatic carbocycles. The summed E-state index contributed by atoms with van der Waals surface area (Å²) in [6, 6.07) is -0.395. The van der Waals surface area contributed by atoms with E-state index in [2.05, 4.69) is 14.7 Å². The van der Waals surface area contributed by atoms with Gasteiger partial charge in [-0.15, -0.1) is 0 Å². The highest BCUT2D eigenvalue weighted by atomic mass is 16.5. The minimum atomic E-state index is -0.395. The molecular formula is C8H11N3O2. The van der Waals surface area contributed by atoms with E-state index in [1.165, 1.54) is 13.4 Å². The first-order valence-corrected chi connectivity index (χ1v) is 3.81. The number of carbonyl (C=O) groups is 1. The van der Waals surface area contributed by atoms with Crippen LogP contribution in [0.25, 0.3) is 0 Å². The summed E-state index contributed by atoms with van der Waals surface area (Å²) < 4.78 is 4.48. The molecule has 5 heteroatoms. The molecule has 0 saturated carbocycles. The normalized spacial score (nSPS) is 12.2. The fourth-order valence-electron chi connectivity index (χ4n) is 0.883. The second-order valence-electron chi connectivity index (χ2n) is 2.56. The van der Waals surface area contributed by atoms with E-state index in [1.54, 1.807) is 12.4 Å². The number of methoxy groups -OCH3 is 1. The molecule has 1 heterocycles. The van der Waals surface area contributed by atoms with Crippen LogP contribution in [0.3, 0.4) is 0 Å². The molecule has 0 amide bonds. The third-order valence-electron chi connectivity index (χ3n) is 1.62. The Morgan fingerprint density at radius 3 is 2.77 bits per heavy atom. The summed E-state index contributed by atoms with van der Waals surface area (Å²) in [5.74, 6) is -0.337. The Morgan fingerprint density at radius 1 is 1.62 bits per heavy atom. The van der Waals surface area contributed by atoms with Gasteiger partial charge in [0.15, 0.2) is 0 Å². The third-order valence-corrected chi connectivity index (χ3v) is 1.62. The van der Waals surface area contributed by atoms with Gasteiger partial charge < -0.3 is 10.5 Å².